The van der Waals surface area contributed by atoms with E-state index >= 15 is 0 Å². The van der Waals surface area contributed by atoms with Gasteiger partial charge in [0.25, 0.3) is 0 Å². The molecule has 1 N–H and O–H groups in total. The third kappa shape index (κ3) is 2.28. The summed E-state index contributed by atoms with van der Waals surface area (Å²) in [6, 6.07) is 7.38. The highest BCUT2D eigenvalue weighted by atomic mass is 79.9. The lowest BCUT2D eigenvalue weighted by Gasteiger charge is -1.96. The number of hydrogen-bond donors (Lipinski definition) is 1. The van der Waals surface area contributed by atoms with Crippen molar-refractivity contribution in [3.05, 3.63) is 46.4 Å². The van der Waals surface area contributed by atoms with Crippen LogP contribution in [0, 0.1) is 11.8 Å². The lowest BCUT2D eigenvalue weighted by Crippen LogP contribution is -2.01. The molecule has 2 nitrogen and oxygen atoms in total. The molecular formula is C12H8BrNO. The Morgan fingerprint density at radius 1 is 1.27 bits per heavy atom. The van der Waals surface area contributed by atoms with Crippen LogP contribution in [0.2, 0.25) is 0 Å². The molecule has 74 valence electrons. The number of alkyl halides is 1. The molecule has 0 amide bonds. The first kappa shape index (κ1) is 10.0. The van der Waals surface area contributed by atoms with Gasteiger partial charge in [-0.3, -0.25) is 4.79 Å². The maximum Gasteiger partial charge on any atom is 0.248 e. The van der Waals surface area contributed by atoms with E-state index in [2.05, 4.69) is 32.8 Å². The predicted octanol–water partition coefficient (Wildman–Crippen LogP) is 2.27. The molecule has 1 heterocycles. The molecule has 0 aliphatic rings. The molecule has 2 rings (SSSR count). The van der Waals surface area contributed by atoms with Crippen LogP contribution in [0.15, 0.2) is 35.3 Å². The van der Waals surface area contributed by atoms with Crippen LogP contribution in [0.25, 0.3) is 10.8 Å². The van der Waals surface area contributed by atoms with Crippen LogP contribution in [0.1, 0.15) is 5.56 Å². The van der Waals surface area contributed by atoms with E-state index in [0.717, 1.165) is 16.3 Å². The molecule has 0 saturated heterocycles. The number of hydrogen-bond acceptors (Lipinski definition) is 1. The van der Waals surface area contributed by atoms with Crippen molar-refractivity contribution in [2.45, 2.75) is 0 Å². The summed E-state index contributed by atoms with van der Waals surface area (Å²) >= 11 is 3.24. The molecule has 0 radical (unpaired) electrons. The Morgan fingerprint density at radius 2 is 2.13 bits per heavy atom. The smallest absolute Gasteiger partial charge is 0.248 e. The molecule has 0 fully saturated rings. The standard InChI is InChI=1S/C12H8BrNO/c13-5-1-2-9-3-4-10-8-14-12(15)7-11(10)6-9/h3-4,6-8H,5H2,(H,14,15). The first-order valence-corrected chi connectivity index (χ1v) is 5.59. The number of aromatic nitrogens is 1. The minimum atomic E-state index is -0.0897. The van der Waals surface area contributed by atoms with E-state index < -0.39 is 0 Å². The highest BCUT2D eigenvalue weighted by Gasteiger charge is 1.94. The average molecular weight is 262 g/mol. The molecule has 0 unspecified atom stereocenters. The molecule has 0 bridgehead atoms. The zero-order valence-corrected chi connectivity index (χ0v) is 9.47. The predicted molar refractivity (Wildman–Crippen MR) is 65.2 cm³/mol. The summed E-state index contributed by atoms with van der Waals surface area (Å²) < 4.78 is 0. The number of aromatic amines is 1. The zero-order chi connectivity index (χ0) is 10.7. The fraction of sp³-hybridized carbons (Fsp3) is 0.0833. The summed E-state index contributed by atoms with van der Waals surface area (Å²) in [5, 5.41) is 2.58. The summed E-state index contributed by atoms with van der Waals surface area (Å²) in [7, 11) is 0. The van der Waals surface area contributed by atoms with Crippen molar-refractivity contribution in [2.75, 3.05) is 5.33 Å². The van der Waals surface area contributed by atoms with Crippen molar-refractivity contribution in [3.63, 3.8) is 0 Å². The topological polar surface area (TPSA) is 32.9 Å². The maximum atomic E-state index is 11.1. The normalized spacial score (nSPS) is 9.67. The lowest BCUT2D eigenvalue weighted by molar-refractivity contribution is 1.27. The number of fused-ring (bicyclic) bond motifs is 1. The second-order valence-electron chi connectivity index (χ2n) is 3.08. The van der Waals surface area contributed by atoms with Crippen LogP contribution in [-0.4, -0.2) is 10.3 Å². The van der Waals surface area contributed by atoms with Gasteiger partial charge in [-0.2, -0.15) is 0 Å². The Kier molecular flexibility index (Phi) is 2.89. The monoisotopic (exact) mass is 261 g/mol. The zero-order valence-electron chi connectivity index (χ0n) is 7.88. The Labute approximate surface area is 95.5 Å². The fourth-order valence-corrected chi connectivity index (χ4v) is 1.52. The summed E-state index contributed by atoms with van der Waals surface area (Å²) in [4.78, 5) is 13.7. The summed E-state index contributed by atoms with van der Waals surface area (Å²) in [5.41, 5.74) is 0.834. The van der Waals surface area contributed by atoms with Gasteiger partial charge in [0.15, 0.2) is 0 Å². The van der Waals surface area contributed by atoms with E-state index in [1.54, 1.807) is 12.3 Å². The third-order valence-corrected chi connectivity index (χ3v) is 2.32. The first-order valence-electron chi connectivity index (χ1n) is 4.47. The van der Waals surface area contributed by atoms with E-state index in [1.165, 1.54) is 0 Å². The Bertz CT molecular complexity index is 604. The van der Waals surface area contributed by atoms with Crippen molar-refractivity contribution in [3.8, 4) is 11.8 Å². The van der Waals surface area contributed by atoms with E-state index in [9.17, 15) is 4.79 Å². The molecule has 0 saturated carbocycles. The van der Waals surface area contributed by atoms with E-state index in [4.69, 9.17) is 0 Å². The Hall–Kier alpha value is -1.53. The molecule has 15 heavy (non-hydrogen) atoms. The van der Waals surface area contributed by atoms with Gasteiger partial charge < -0.3 is 4.98 Å². The number of benzene rings is 1. The number of pyridine rings is 1. The van der Waals surface area contributed by atoms with Gasteiger partial charge >= 0.3 is 0 Å². The molecular weight excluding hydrogens is 254 g/mol. The van der Waals surface area contributed by atoms with Gasteiger partial charge in [-0.25, -0.2) is 0 Å². The quantitative estimate of drug-likeness (QED) is 0.573. The second kappa shape index (κ2) is 4.33. The first-order chi connectivity index (χ1) is 7.29. The van der Waals surface area contributed by atoms with Crippen LogP contribution < -0.4 is 5.56 Å². The van der Waals surface area contributed by atoms with Gasteiger partial charge in [-0.15, -0.1) is 0 Å². The largest absolute Gasteiger partial charge is 0.328 e. The van der Waals surface area contributed by atoms with E-state index in [-0.39, 0.29) is 5.56 Å². The maximum absolute atomic E-state index is 11.1. The highest BCUT2D eigenvalue weighted by molar-refractivity contribution is 9.09. The van der Waals surface area contributed by atoms with Crippen LogP contribution in [0.4, 0.5) is 0 Å². The van der Waals surface area contributed by atoms with E-state index in [0.29, 0.717) is 5.33 Å². The van der Waals surface area contributed by atoms with Crippen LogP contribution >= 0.6 is 15.9 Å². The van der Waals surface area contributed by atoms with Crippen LogP contribution in [0.5, 0.6) is 0 Å². The van der Waals surface area contributed by atoms with Gasteiger partial charge in [0.05, 0.1) is 5.33 Å². The molecule has 2 aromatic rings. The van der Waals surface area contributed by atoms with Crippen LogP contribution in [0.3, 0.4) is 0 Å². The van der Waals surface area contributed by atoms with Crippen molar-refractivity contribution in [1.29, 1.82) is 0 Å². The van der Waals surface area contributed by atoms with Gasteiger partial charge in [0.2, 0.25) is 5.56 Å². The van der Waals surface area contributed by atoms with Crippen molar-refractivity contribution in [1.82, 2.24) is 4.98 Å². The van der Waals surface area contributed by atoms with Crippen molar-refractivity contribution < 1.29 is 0 Å². The molecule has 0 spiro atoms. The number of rotatable bonds is 0. The Balaban J connectivity index is 2.59. The molecule has 0 aliphatic heterocycles. The molecule has 1 aromatic heterocycles. The average Bonchev–Trinajstić information content (AvgIpc) is 2.25. The summed E-state index contributed by atoms with van der Waals surface area (Å²) in [6.45, 7) is 0. The molecule has 0 atom stereocenters. The van der Waals surface area contributed by atoms with Gasteiger partial charge in [-0.1, -0.05) is 33.8 Å². The summed E-state index contributed by atoms with van der Waals surface area (Å²) in [5.74, 6) is 5.92. The van der Waals surface area contributed by atoms with Gasteiger partial charge in [0.1, 0.15) is 0 Å². The minimum absolute atomic E-state index is 0.0897. The molecule has 3 heteroatoms. The number of halogens is 1. The lowest BCUT2D eigenvalue weighted by atomic mass is 10.1. The Morgan fingerprint density at radius 3 is 2.93 bits per heavy atom. The van der Waals surface area contributed by atoms with E-state index in [1.807, 2.05) is 18.2 Å². The van der Waals surface area contributed by atoms with Gasteiger partial charge in [0, 0.05) is 17.8 Å². The highest BCUT2D eigenvalue weighted by Crippen LogP contribution is 2.12. The molecule has 0 aliphatic carbocycles. The minimum Gasteiger partial charge on any atom is -0.328 e. The second-order valence-corrected chi connectivity index (χ2v) is 3.64. The molecule has 1 aromatic carbocycles. The number of H-pyrrole nitrogens is 1. The SMILES string of the molecule is O=c1cc2cc(C#CCBr)ccc2c[nH]1. The van der Waals surface area contributed by atoms with Crippen molar-refractivity contribution >= 4 is 26.7 Å². The summed E-state index contributed by atoms with van der Waals surface area (Å²) in [6.07, 6.45) is 1.71. The van der Waals surface area contributed by atoms with Gasteiger partial charge in [-0.05, 0) is 22.9 Å². The van der Waals surface area contributed by atoms with Crippen LogP contribution in [-0.2, 0) is 0 Å². The number of nitrogens with one attached hydrogen (secondary N) is 1. The third-order valence-electron chi connectivity index (χ3n) is 2.04. The fourth-order valence-electron chi connectivity index (χ4n) is 1.38. The van der Waals surface area contributed by atoms with Crippen molar-refractivity contribution in [2.24, 2.45) is 0 Å².